The van der Waals surface area contributed by atoms with E-state index in [0.717, 1.165) is 38.8 Å². The maximum atomic E-state index is 5.23. The third-order valence-corrected chi connectivity index (χ3v) is 12.5. The Bertz CT molecular complexity index is 3090. The normalized spacial score (nSPS) is 12.9. The van der Waals surface area contributed by atoms with Crippen molar-refractivity contribution in [3.05, 3.63) is 187 Å². The lowest BCUT2D eigenvalue weighted by molar-refractivity contribution is 0.661. The van der Waals surface area contributed by atoms with Crippen molar-refractivity contribution in [3.63, 3.8) is 0 Å². The molecule has 1 aliphatic carbocycles. The van der Waals surface area contributed by atoms with Crippen LogP contribution in [0.3, 0.4) is 0 Å². The Morgan fingerprint density at radius 3 is 1.81 bits per heavy atom. The molecule has 0 bridgehead atoms. The Morgan fingerprint density at radius 1 is 0.456 bits per heavy atom. The summed E-state index contributed by atoms with van der Waals surface area (Å²) in [6, 6.07) is 60.0. The summed E-state index contributed by atoms with van der Waals surface area (Å²) in [6.45, 7) is 4.66. The largest absolute Gasteiger partial charge is 0.278 e. The number of rotatable bonds is 6. The third kappa shape index (κ3) is 5.52. The first-order valence-electron chi connectivity index (χ1n) is 19.2. The van der Waals surface area contributed by atoms with Crippen molar-refractivity contribution >= 4 is 33.1 Å². The van der Waals surface area contributed by atoms with Gasteiger partial charge in [-0.15, -0.1) is 11.3 Å². The van der Waals surface area contributed by atoms with Crippen molar-refractivity contribution < 1.29 is 0 Å². The Hall–Kier alpha value is -7.02. The van der Waals surface area contributed by atoms with Gasteiger partial charge in [0.15, 0.2) is 11.6 Å². The number of aromatic nitrogens is 5. The minimum atomic E-state index is -0.169. The van der Waals surface area contributed by atoms with Crippen LogP contribution in [-0.4, -0.2) is 24.5 Å². The molecule has 0 saturated carbocycles. The van der Waals surface area contributed by atoms with E-state index < -0.39 is 0 Å². The average molecular weight is 750 g/mol. The molecule has 0 radical (unpaired) electrons. The van der Waals surface area contributed by atoms with E-state index >= 15 is 0 Å². The maximum absolute atomic E-state index is 5.23. The zero-order valence-electron chi connectivity index (χ0n) is 31.4. The third-order valence-electron chi connectivity index (χ3n) is 11.4. The van der Waals surface area contributed by atoms with Crippen LogP contribution in [0.15, 0.2) is 176 Å². The molecule has 1 aliphatic rings. The lowest BCUT2D eigenvalue weighted by Gasteiger charge is -2.21. The molecule has 0 unspecified atom stereocenters. The summed E-state index contributed by atoms with van der Waals surface area (Å²) in [5, 5.41) is 2.32. The highest BCUT2D eigenvalue weighted by Crippen LogP contribution is 2.51. The first kappa shape index (κ1) is 33.3. The second-order valence-corrected chi connectivity index (χ2v) is 16.2. The molecule has 6 heteroatoms. The van der Waals surface area contributed by atoms with Gasteiger partial charge in [0, 0.05) is 48.8 Å². The standard InChI is InChI=1S/C51H35N5S/c1-51(2)41-21-10-9-20-37(41)38-30-40-39-29-36(47-26-25-46(57-47)35-19-13-18-34(28-35)43-22-11-12-27-52-43)23-24-44(39)56(45(40)31-42(38)51)50-54-48(32-14-5-3-6-15-32)53-49(55-50)33-16-7-4-8-17-33/h3-31H,1-2H3. The van der Waals surface area contributed by atoms with E-state index in [1.165, 1.54) is 48.5 Å². The predicted molar refractivity (Wildman–Crippen MR) is 235 cm³/mol. The highest BCUT2D eigenvalue weighted by atomic mass is 32.1. The van der Waals surface area contributed by atoms with E-state index in [9.17, 15) is 0 Å². The zero-order valence-corrected chi connectivity index (χ0v) is 32.2. The molecule has 4 heterocycles. The molecule has 10 aromatic rings. The number of hydrogen-bond donors (Lipinski definition) is 0. The summed E-state index contributed by atoms with van der Waals surface area (Å²) < 4.78 is 2.25. The lowest BCUT2D eigenvalue weighted by Crippen LogP contribution is -2.15. The predicted octanol–water partition coefficient (Wildman–Crippen LogP) is 13.1. The lowest BCUT2D eigenvalue weighted by atomic mass is 9.82. The van der Waals surface area contributed by atoms with Crippen molar-refractivity contribution in [2.24, 2.45) is 0 Å². The number of hydrogen-bond acceptors (Lipinski definition) is 5. The van der Waals surface area contributed by atoms with Crippen LogP contribution in [0.1, 0.15) is 25.0 Å². The highest BCUT2D eigenvalue weighted by Gasteiger charge is 2.36. The van der Waals surface area contributed by atoms with Gasteiger partial charge in [0.1, 0.15) is 0 Å². The van der Waals surface area contributed by atoms with Crippen LogP contribution in [0.4, 0.5) is 0 Å². The van der Waals surface area contributed by atoms with Gasteiger partial charge in [0.05, 0.1) is 16.7 Å². The SMILES string of the molecule is CC1(C)c2ccccc2-c2cc3c4cc(-c5ccc(-c6cccc(-c7ccccn7)c6)s5)ccc4n(-c4nc(-c5ccccc5)nc(-c5ccccc5)n4)c3cc21. The highest BCUT2D eigenvalue weighted by molar-refractivity contribution is 7.18. The van der Waals surface area contributed by atoms with Crippen molar-refractivity contribution in [1.82, 2.24) is 24.5 Å². The molecule has 0 amide bonds. The van der Waals surface area contributed by atoms with Gasteiger partial charge in [0.25, 0.3) is 0 Å². The van der Waals surface area contributed by atoms with Gasteiger partial charge in [-0.05, 0) is 88.0 Å². The minimum absolute atomic E-state index is 0.169. The van der Waals surface area contributed by atoms with Crippen molar-refractivity contribution in [2.45, 2.75) is 19.3 Å². The summed E-state index contributed by atoms with van der Waals surface area (Å²) in [7, 11) is 0. The molecule has 0 spiro atoms. The number of benzene rings is 6. The molecule has 0 saturated heterocycles. The summed E-state index contributed by atoms with van der Waals surface area (Å²) >= 11 is 1.81. The van der Waals surface area contributed by atoms with Gasteiger partial charge in [0.2, 0.25) is 5.95 Å². The summed E-state index contributed by atoms with van der Waals surface area (Å²) in [4.78, 5) is 22.5. The van der Waals surface area contributed by atoms with Gasteiger partial charge >= 0.3 is 0 Å². The van der Waals surface area contributed by atoms with Crippen LogP contribution in [-0.2, 0) is 5.41 Å². The van der Waals surface area contributed by atoms with E-state index in [2.05, 4.69) is 145 Å². The number of pyridine rings is 1. The molecular weight excluding hydrogens is 715 g/mol. The molecule has 4 aromatic heterocycles. The van der Waals surface area contributed by atoms with E-state index in [1.54, 1.807) is 0 Å². The molecule has 0 N–H and O–H groups in total. The van der Waals surface area contributed by atoms with Crippen molar-refractivity contribution in [2.75, 3.05) is 0 Å². The second kappa shape index (κ2) is 13.0. The number of thiophene rings is 1. The first-order valence-corrected chi connectivity index (χ1v) is 20.0. The van der Waals surface area contributed by atoms with Crippen LogP contribution < -0.4 is 0 Å². The molecule has 57 heavy (non-hydrogen) atoms. The molecule has 0 aliphatic heterocycles. The maximum Gasteiger partial charge on any atom is 0.238 e. The van der Waals surface area contributed by atoms with E-state index in [-0.39, 0.29) is 5.41 Å². The van der Waals surface area contributed by atoms with Crippen LogP contribution >= 0.6 is 11.3 Å². The van der Waals surface area contributed by atoms with Crippen LogP contribution in [0.25, 0.3) is 93.8 Å². The topological polar surface area (TPSA) is 56.5 Å². The molecular formula is C51H35N5S. The minimum Gasteiger partial charge on any atom is -0.278 e. The summed E-state index contributed by atoms with van der Waals surface area (Å²) in [6.07, 6.45) is 1.84. The van der Waals surface area contributed by atoms with Gasteiger partial charge in [-0.2, -0.15) is 9.97 Å². The second-order valence-electron chi connectivity index (χ2n) is 15.1. The van der Waals surface area contributed by atoms with E-state index in [0.29, 0.717) is 17.6 Å². The van der Waals surface area contributed by atoms with Gasteiger partial charge in [-0.1, -0.05) is 129 Å². The van der Waals surface area contributed by atoms with E-state index in [4.69, 9.17) is 15.0 Å². The van der Waals surface area contributed by atoms with Gasteiger partial charge in [-0.25, -0.2) is 4.98 Å². The molecule has 0 atom stereocenters. The Labute approximate surface area is 334 Å². The zero-order chi connectivity index (χ0) is 38.1. The first-order chi connectivity index (χ1) is 28.0. The van der Waals surface area contributed by atoms with Crippen LogP contribution in [0.5, 0.6) is 0 Å². The Morgan fingerprint density at radius 2 is 1.09 bits per heavy atom. The van der Waals surface area contributed by atoms with Crippen LogP contribution in [0.2, 0.25) is 0 Å². The van der Waals surface area contributed by atoms with E-state index in [1.807, 2.05) is 66.1 Å². The van der Waals surface area contributed by atoms with Crippen LogP contribution in [0, 0.1) is 0 Å². The molecule has 5 nitrogen and oxygen atoms in total. The molecule has 270 valence electrons. The molecule has 0 fully saturated rings. The monoisotopic (exact) mass is 749 g/mol. The van der Waals surface area contributed by atoms with Gasteiger partial charge < -0.3 is 0 Å². The smallest absolute Gasteiger partial charge is 0.238 e. The Balaban J connectivity index is 1.13. The van der Waals surface area contributed by atoms with Crippen molar-refractivity contribution in [1.29, 1.82) is 0 Å². The fourth-order valence-corrected chi connectivity index (χ4v) is 9.49. The van der Waals surface area contributed by atoms with Crippen molar-refractivity contribution in [3.8, 4) is 72.0 Å². The fraction of sp³-hybridized carbons (Fsp3) is 0.0588. The Kier molecular flexibility index (Phi) is 7.63. The quantitative estimate of drug-likeness (QED) is 0.170. The summed E-state index contributed by atoms with van der Waals surface area (Å²) in [5.41, 5.74) is 13.5. The average Bonchev–Trinajstić information content (AvgIpc) is 3.95. The fourth-order valence-electron chi connectivity index (χ4n) is 8.49. The molecule has 11 rings (SSSR count). The molecule has 6 aromatic carbocycles. The number of nitrogens with zero attached hydrogens (tertiary/aromatic N) is 5. The number of fused-ring (bicyclic) bond motifs is 6. The van der Waals surface area contributed by atoms with Gasteiger partial charge in [-0.3, -0.25) is 9.55 Å². The summed E-state index contributed by atoms with van der Waals surface area (Å²) in [5.74, 6) is 1.87.